The van der Waals surface area contributed by atoms with E-state index in [1.54, 1.807) is 6.20 Å². The third-order valence-corrected chi connectivity index (χ3v) is 2.65. The maximum atomic E-state index is 11.8. The van der Waals surface area contributed by atoms with Crippen molar-refractivity contribution in [3.63, 3.8) is 0 Å². The molecule has 0 saturated carbocycles. The second-order valence-electron chi connectivity index (χ2n) is 4.52. The number of hydrogen-bond acceptors (Lipinski definition) is 4. The Kier molecular flexibility index (Phi) is 6.31. The highest BCUT2D eigenvalue weighted by molar-refractivity contribution is 5.74. The summed E-state index contributed by atoms with van der Waals surface area (Å²) >= 11 is 0. The first-order valence-corrected chi connectivity index (χ1v) is 6.36. The number of carbonyl (C=O) groups excluding carboxylic acids is 1. The topological polar surface area (TPSA) is 90.6 Å². The Morgan fingerprint density at radius 3 is 2.53 bits per heavy atom. The van der Waals surface area contributed by atoms with Gasteiger partial charge in [0.15, 0.2) is 0 Å². The Morgan fingerprint density at radius 2 is 2.05 bits per heavy atom. The minimum atomic E-state index is -0.305. The van der Waals surface area contributed by atoms with E-state index in [2.05, 4.69) is 10.4 Å². The Bertz CT molecular complexity index is 386. The lowest BCUT2D eigenvalue weighted by molar-refractivity contribution is 0.158. The van der Waals surface area contributed by atoms with E-state index in [-0.39, 0.29) is 38.4 Å². The summed E-state index contributed by atoms with van der Waals surface area (Å²) in [5, 5.41) is 24.6. The van der Waals surface area contributed by atoms with Crippen LogP contribution in [0.15, 0.2) is 12.4 Å². The van der Waals surface area contributed by atoms with Gasteiger partial charge in [0.05, 0.1) is 19.4 Å². The van der Waals surface area contributed by atoms with Gasteiger partial charge in [0.2, 0.25) is 0 Å². The number of rotatable bonds is 7. The predicted octanol–water partition coefficient (Wildman–Crippen LogP) is -0.0398. The van der Waals surface area contributed by atoms with E-state index in [4.69, 9.17) is 10.2 Å². The van der Waals surface area contributed by atoms with E-state index < -0.39 is 0 Å². The SMILES string of the molecule is CC(C)n1cc(CNC(=O)N(CCO)CCO)cn1. The van der Waals surface area contributed by atoms with Crippen molar-refractivity contribution in [1.29, 1.82) is 0 Å². The van der Waals surface area contributed by atoms with Crippen LogP contribution in [-0.2, 0) is 6.54 Å². The van der Waals surface area contributed by atoms with Gasteiger partial charge < -0.3 is 20.4 Å². The average molecular weight is 270 g/mol. The molecule has 0 atom stereocenters. The minimum absolute atomic E-state index is 0.126. The lowest BCUT2D eigenvalue weighted by atomic mass is 10.3. The Hall–Kier alpha value is -1.60. The van der Waals surface area contributed by atoms with Gasteiger partial charge in [0, 0.05) is 37.4 Å². The van der Waals surface area contributed by atoms with Crippen LogP contribution in [0, 0.1) is 0 Å². The second-order valence-corrected chi connectivity index (χ2v) is 4.52. The molecular weight excluding hydrogens is 248 g/mol. The molecule has 19 heavy (non-hydrogen) atoms. The molecule has 0 aliphatic heterocycles. The van der Waals surface area contributed by atoms with Gasteiger partial charge in [0.1, 0.15) is 0 Å². The molecule has 7 heteroatoms. The van der Waals surface area contributed by atoms with Crippen LogP contribution in [0.5, 0.6) is 0 Å². The van der Waals surface area contributed by atoms with Crippen LogP contribution in [0.2, 0.25) is 0 Å². The first-order valence-electron chi connectivity index (χ1n) is 6.36. The maximum absolute atomic E-state index is 11.8. The monoisotopic (exact) mass is 270 g/mol. The van der Waals surface area contributed by atoms with Crippen LogP contribution in [0.25, 0.3) is 0 Å². The van der Waals surface area contributed by atoms with Crippen molar-refractivity contribution < 1.29 is 15.0 Å². The number of carbonyl (C=O) groups is 1. The summed E-state index contributed by atoms with van der Waals surface area (Å²) in [6.07, 6.45) is 3.59. The molecule has 0 aliphatic rings. The summed E-state index contributed by atoms with van der Waals surface area (Å²) in [4.78, 5) is 13.2. The van der Waals surface area contributed by atoms with Crippen molar-refractivity contribution in [2.75, 3.05) is 26.3 Å². The van der Waals surface area contributed by atoms with Crippen molar-refractivity contribution in [3.8, 4) is 0 Å². The number of aliphatic hydroxyl groups excluding tert-OH is 2. The number of amides is 2. The van der Waals surface area contributed by atoms with E-state index in [0.29, 0.717) is 6.54 Å². The third-order valence-electron chi connectivity index (χ3n) is 2.65. The molecule has 0 unspecified atom stereocenters. The second kappa shape index (κ2) is 7.75. The molecule has 1 heterocycles. The summed E-state index contributed by atoms with van der Waals surface area (Å²) in [5.41, 5.74) is 0.912. The normalized spacial score (nSPS) is 10.8. The molecule has 108 valence electrons. The van der Waals surface area contributed by atoms with Gasteiger partial charge in [0.25, 0.3) is 0 Å². The summed E-state index contributed by atoms with van der Waals surface area (Å²) in [6, 6.07) is -0.0230. The summed E-state index contributed by atoms with van der Waals surface area (Å²) in [5.74, 6) is 0. The largest absolute Gasteiger partial charge is 0.395 e. The van der Waals surface area contributed by atoms with E-state index in [0.717, 1.165) is 5.56 Å². The molecule has 3 N–H and O–H groups in total. The summed E-state index contributed by atoms with van der Waals surface area (Å²) in [6.45, 7) is 4.59. The number of urea groups is 1. The van der Waals surface area contributed by atoms with Crippen LogP contribution in [0.3, 0.4) is 0 Å². The van der Waals surface area contributed by atoms with E-state index in [1.807, 2.05) is 24.7 Å². The fourth-order valence-corrected chi connectivity index (χ4v) is 1.60. The van der Waals surface area contributed by atoms with Gasteiger partial charge in [-0.3, -0.25) is 4.68 Å². The predicted molar refractivity (Wildman–Crippen MR) is 70.6 cm³/mol. The highest BCUT2D eigenvalue weighted by Crippen LogP contribution is 2.05. The molecule has 2 amide bonds. The third kappa shape index (κ3) is 4.88. The highest BCUT2D eigenvalue weighted by Gasteiger charge is 2.12. The molecule has 0 spiro atoms. The maximum Gasteiger partial charge on any atom is 0.317 e. The number of hydrogen-bond donors (Lipinski definition) is 3. The Balaban J connectivity index is 2.47. The minimum Gasteiger partial charge on any atom is -0.395 e. The summed E-state index contributed by atoms with van der Waals surface area (Å²) < 4.78 is 1.82. The van der Waals surface area contributed by atoms with Crippen molar-refractivity contribution in [3.05, 3.63) is 18.0 Å². The first kappa shape index (κ1) is 15.5. The number of aliphatic hydroxyl groups is 2. The fraction of sp³-hybridized carbons (Fsp3) is 0.667. The van der Waals surface area contributed by atoms with E-state index >= 15 is 0 Å². The molecule has 0 aliphatic carbocycles. The van der Waals surface area contributed by atoms with Crippen LogP contribution in [0.4, 0.5) is 4.79 Å². The van der Waals surface area contributed by atoms with Crippen molar-refractivity contribution in [2.45, 2.75) is 26.4 Å². The van der Waals surface area contributed by atoms with Crippen molar-refractivity contribution >= 4 is 6.03 Å². The average Bonchev–Trinajstić information content (AvgIpc) is 2.84. The van der Waals surface area contributed by atoms with Gasteiger partial charge in [-0.2, -0.15) is 5.10 Å². The van der Waals surface area contributed by atoms with Crippen LogP contribution in [-0.4, -0.2) is 57.2 Å². The quantitative estimate of drug-likeness (QED) is 0.648. The molecule has 0 radical (unpaired) electrons. The van der Waals surface area contributed by atoms with E-state index in [9.17, 15) is 4.79 Å². The summed E-state index contributed by atoms with van der Waals surface area (Å²) in [7, 11) is 0. The highest BCUT2D eigenvalue weighted by atomic mass is 16.3. The number of nitrogens with one attached hydrogen (secondary N) is 1. The molecule has 0 aromatic carbocycles. The zero-order valence-corrected chi connectivity index (χ0v) is 11.4. The number of aromatic nitrogens is 2. The van der Waals surface area contributed by atoms with Crippen LogP contribution >= 0.6 is 0 Å². The van der Waals surface area contributed by atoms with Crippen LogP contribution < -0.4 is 5.32 Å². The zero-order valence-electron chi connectivity index (χ0n) is 11.4. The molecule has 1 rings (SSSR count). The van der Waals surface area contributed by atoms with Gasteiger partial charge in [-0.25, -0.2) is 4.79 Å². The van der Waals surface area contributed by atoms with Gasteiger partial charge >= 0.3 is 6.03 Å². The molecule has 0 saturated heterocycles. The standard InChI is InChI=1S/C12H22N4O3/c1-10(2)16-9-11(8-14-16)7-13-12(19)15(3-5-17)4-6-18/h8-10,17-18H,3-7H2,1-2H3,(H,13,19). The van der Waals surface area contributed by atoms with Gasteiger partial charge in [-0.15, -0.1) is 0 Å². The fourth-order valence-electron chi connectivity index (χ4n) is 1.60. The lowest BCUT2D eigenvalue weighted by Gasteiger charge is -2.20. The molecule has 1 aromatic rings. The molecule has 7 nitrogen and oxygen atoms in total. The van der Waals surface area contributed by atoms with Gasteiger partial charge in [-0.1, -0.05) is 0 Å². The number of nitrogens with zero attached hydrogens (tertiary/aromatic N) is 3. The molecule has 0 bridgehead atoms. The van der Waals surface area contributed by atoms with Crippen molar-refractivity contribution in [2.24, 2.45) is 0 Å². The van der Waals surface area contributed by atoms with Gasteiger partial charge in [-0.05, 0) is 13.8 Å². The molecule has 0 fully saturated rings. The van der Waals surface area contributed by atoms with Crippen LogP contribution in [0.1, 0.15) is 25.5 Å². The van der Waals surface area contributed by atoms with E-state index in [1.165, 1.54) is 4.90 Å². The smallest absolute Gasteiger partial charge is 0.317 e. The Labute approximate surface area is 112 Å². The molecule has 1 aromatic heterocycles. The zero-order chi connectivity index (χ0) is 14.3. The Morgan fingerprint density at radius 1 is 1.42 bits per heavy atom. The lowest BCUT2D eigenvalue weighted by Crippen LogP contribution is -2.42. The molecular formula is C12H22N4O3. The first-order chi connectivity index (χ1) is 9.08. The van der Waals surface area contributed by atoms with Crippen molar-refractivity contribution in [1.82, 2.24) is 20.0 Å².